The lowest BCUT2D eigenvalue weighted by Crippen LogP contribution is -2.36. The first-order chi connectivity index (χ1) is 12.3. The molecule has 0 aliphatic carbocycles. The summed E-state index contributed by atoms with van der Waals surface area (Å²) in [4.78, 5) is 17.5. The van der Waals surface area contributed by atoms with Gasteiger partial charge in [-0.2, -0.15) is 16.4 Å². The molecule has 2 aromatic rings. The van der Waals surface area contributed by atoms with Gasteiger partial charge in [0.15, 0.2) is 0 Å². The van der Waals surface area contributed by atoms with Crippen LogP contribution in [0.4, 0.5) is 0 Å². The third kappa shape index (κ3) is 4.12. The molecule has 6 heteroatoms. The minimum absolute atomic E-state index is 0.235. The predicted molar refractivity (Wildman–Crippen MR) is 99.4 cm³/mol. The summed E-state index contributed by atoms with van der Waals surface area (Å²) < 4.78 is 2.10. The Bertz CT molecular complexity index is 690. The summed E-state index contributed by atoms with van der Waals surface area (Å²) in [6.45, 7) is 6.08. The quantitative estimate of drug-likeness (QED) is 0.825. The van der Waals surface area contributed by atoms with Crippen LogP contribution in [0.2, 0.25) is 0 Å². The minimum atomic E-state index is 0.235. The molecular formula is C19H26N4OS. The number of rotatable bonds is 5. The predicted octanol–water partition coefficient (Wildman–Crippen LogP) is 2.63. The van der Waals surface area contributed by atoms with E-state index in [-0.39, 0.29) is 5.91 Å². The zero-order chi connectivity index (χ0) is 17.1. The first-order valence-corrected chi connectivity index (χ1v) is 10.2. The zero-order valence-electron chi connectivity index (χ0n) is 14.6. The summed E-state index contributed by atoms with van der Waals surface area (Å²) in [5.41, 5.74) is 2.28. The Labute approximate surface area is 153 Å². The summed E-state index contributed by atoms with van der Waals surface area (Å²) in [5, 5.41) is 8.60. The number of carbonyl (C=O) groups excluding carboxylic acids is 1. The summed E-state index contributed by atoms with van der Waals surface area (Å²) in [6.07, 6.45) is 6.18. The molecule has 0 radical (unpaired) electrons. The van der Waals surface area contributed by atoms with Gasteiger partial charge in [-0.25, -0.2) is 0 Å². The number of thiophene rings is 1. The van der Waals surface area contributed by atoms with Crippen molar-refractivity contribution in [1.29, 1.82) is 0 Å². The van der Waals surface area contributed by atoms with Gasteiger partial charge in [0.05, 0.1) is 18.7 Å². The van der Waals surface area contributed by atoms with Gasteiger partial charge in [0.25, 0.3) is 0 Å². The van der Waals surface area contributed by atoms with Crippen molar-refractivity contribution in [2.45, 2.75) is 38.8 Å². The van der Waals surface area contributed by atoms with E-state index in [1.165, 1.54) is 25.9 Å². The van der Waals surface area contributed by atoms with Gasteiger partial charge in [-0.15, -0.1) is 0 Å². The maximum Gasteiger partial charge on any atom is 0.227 e. The molecule has 1 unspecified atom stereocenters. The molecule has 0 bridgehead atoms. The molecule has 0 saturated carbocycles. The molecule has 2 aliphatic rings. The van der Waals surface area contributed by atoms with Crippen LogP contribution in [-0.2, 0) is 24.3 Å². The number of hydrogen-bond donors (Lipinski definition) is 0. The molecule has 1 amide bonds. The SMILES string of the molecule is O=C(Cc1ccsc1)N1Cc2ccnn2CC(CCN2CCCC2)C1. The number of amides is 1. The van der Waals surface area contributed by atoms with Gasteiger partial charge in [-0.1, -0.05) is 0 Å². The monoisotopic (exact) mass is 358 g/mol. The molecule has 0 spiro atoms. The van der Waals surface area contributed by atoms with E-state index in [0.29, 0.717) is 18.9 Å². The molecular weight excluding hydrogens is 332 g/mol. The summed E-state index contributed by atoms with van der Waals surface area (Å²) >= 11 is 1.65. The fourth-order valence-electron chi connectivity index (χ4n) is 3.96. The van der Waals surface area contributed by atoms with Crippen LogP contribution in [0, 0.1) is 5.92 Å². The van der Waals surface area contributed by atoms with E-state index >= 15 is 0 Å². The van der Waals surface area contributed by atoms with Crippen molar-refractivity contribution in [3.63, 3.8) is 0 Å². The standard InChI is InChI=1S/C19H26N4OS/c24-19(11-16-5-10-25-15-16)22-12-17(4-9-21-7-1-2-8-21)13-23-18(14-22)3-6-20-23/h3,5-6,10,15,17H,1-2,4,7-9,11-14H2. The normalized spacial score (nSPS) is 21.3. The molecule has 4 rings (SSSR count). The van der Waals surface area contributed by atoms with Crippen LogP contribution in [0.1, 0.15) is 30.5 Å². The second-order valence-corrected chi connectivity index (χ2v) is 8.07. The van der Waals surface area contributed by atoms with E-state index in [1.807, 2.05) is 22.5 Å². The van der Waals surface area contributed by atoms with E-state index in [2.05, 4.69) is 26.1 Å². The van der Waals surface area contributed by atoms with E-state index in [1.54, 1.807) is 11.3 Å². The second kappa shape index (κ2) is 7.70. The molecule has 134 valence electrons. The van der Waals surface area contributed by atoms with Crippen LogP contribution in [0.15, 0.2) is 29.1 Å². The van der Waals surface area contributed by atoms with E-state index in [9.17, 15) is 4.79 Å². The number of nitrogens with zero attached hydrogens (tertiary/aromatic N) is 4. The third-order valence-electron chi connectivity index (χ3n) is 5.41. The Kier molecular flexibility index (Phi) is 5.17. The smallest absolute Gasteiger partial charge is 0.227 e. The van der Waals surface area contributed by atoms with Gasteiger partial charge < -0.3 is 9.80 Å². The van der Waals surface area contributed by atoms with Crippen LogP contribution in [0.5, 0.6) is 0 Å². The van der Waals surface area contributed by atoms with Crippen molar-refractivity contribution >= 4 is 17.2 Å². The van der Waals surface area contributed by atoms with Gasteiger partial charge in [0.2, 0.25) is 5.91 Å². The highest BCUT2D eigenvalue weighted by molar-refractivity contribution is 7.08. The fraction of sp³-hybridized carbons (Fsp3) is 0.579. The first kappa shape index (κ1) is 16.8. The molecule has 2 aliphatic heterocycles. The van der Waals surface area contributed by atoms with Gasteiger partial charge in [0.1, 0.15) is 0 Å². The second-order valence-electron chi connectivity index (χ2n) is 7.29. The molecule has 4 heterocycles. The van der Waals surface area contributed by atoms with E-state index < -0.39 is 0 Å². The van der Waals surface area contributed by atoms with Crippen molar-refractivity contribution in [2.24, 2.45) is 5.92 Å². The zero-order valence-corrected chi connectivity index (χ0v) is 15.5. The van der Waals surface area contributed by atoms with Crippen LogP contribution in [-0.4, -0.2) is 51.7 Å². The Balaban J connectivity index is 1.43. The highest BCUT2D eigenvalue weighted by atomic mass is 32.1. The molecule has 0 aromatic carbocycles. The van der Waals surface area contributed by atoms with Crippen molar-refractivity contribution in [1.82, 2.24) is 19.6 Å². The highest BCUT2D eigenvalue weighted by Gasteiger charge is 2.26. The molecule has 2 aromatic heterocycles. The van der Waals surface area contributed by atoms with Crippen molar-refractivity contribution < 1.29 is 4.79 Å². The summed E-state index contributed by atoms with van der Waals surface area (Å²) in [5.74, 6) is 0.715. The maximum absolute atomic E-state index is 12.8. The van der Waals surface area contributed by atoms with Gasteiger partial charge in [-0.3, -0.25) is 9.48 Å². The average Bonchev–Trinajstić information content (AvgIpc) is 3.35. The summed E-state index contributed by atoms with van der Waals surface area (Å²) in [6, 6.07) is 4.10. The fourth-order valence-corrected chi connectivity index (χ4v) is 4.63. The lowest BCUT2D eigenvalue weighted by molar-refractivity contribution is -0.131. The Morgan fingerprint density at radius 2 is 2.12 bits per heavy atom. The van der Waals surface area contributed by atoms with Crippen LogP contribution >= 0.6 is 11.3 Å². The van der Waals surface area contributed by atoms with Crippen LogP contribution in [0.25, 0.3) is 0 Å². The molecule has 5 nitrogen and oxygen atoms in total. The van der Waals surface area contributed by atoms with E-state index in [0.717, 1.165) is 37.3 Å². The minimum Gasteiger partial charge on any atom is -0.336 e. The maximum atomic E-state index is 12.8. The van der Waals surface area contributed by atoms with Crippen LogP contribution in [0.3, 0.4) is 0 Å². The number of aromatic nitrogens is 2. The van der Waals surface area contributed by atoms with E-state index in [4.69, 9.17) is 0 Å². The van der Waals surface area contributed by atoms with Gasteiger partial charge in [-0.05, 0) is 73.3 Å². The average molecular weight is 359 g/mol. The van der Waals surface area contributed by atoms with Crippen molar-refractivity contribution in [3.05, 3.63) is 40.3 Å². The highest BCUT2D eigenvalue weighted by Crippen LogP contribution is 2.21. The Hall–Kier alpha value is -1.66. The molecule has 1 saturated heterocycles. The lowest BCUT2D eigenvalue weighted by atomic mass is 10.0. The van der Waals surface area contributed by atoms with Crippen molar-refractivity contribution in [2.75, 3.05) is 26.2 Å². The number of likely N-dealkylation sites (tertiary alicyclic amines) is 1. The first-order valence-electron chi connectivity index (χ1n) is 9.30. The third-order valence-corrected chi connectivity index (χ3v) is 6.14. The molecule has 1 fully saturated rings. The van der Waals surface area contributed by atoms with Gasteiger partial charge in [0, 0.05) is 19.3 Å². The topological polar surface area (TPSA) is 41.4 Å². The largest absolute Gasteiger partial charge is 0.336 e. The van der Waals surface area contributed by atoms with Crippen LogP contribution < -0.4 is 0 Å². The Morgan fingerprint density at radius 1 is 1.24 bits per heavy atom. The Morgan fingerprint density at radius 3 is 2.92 bits per heavy atom. The molecule has 0 N–H and O–H groups in total. The molecule has 1 atom stereocenters. The number of fused-ring (bicyclic) bond motifs is 1. The number of hydrogen-bond acceptors (Lipinski definition) is 4. The number of carbonyl (C=O) groups is 1. The molecule has 25 heavy (non-hydrogen) atoms. The lowest BCUT2D eigenvalue weighted by Gasteiger charge is -2.25. The summed E-state index contributed by atoms with van der Waals surface area (Å²) in [7, 11) is 0. The van der Waals surface area contributed by atoms with Crippen molar-refractivity contribution in [3.8, 4) is 0 Å². The van der Waals surface area contributed by atoms with Gasteiger partial charge >= 0.3 is 0 Å².